The molecule has 0 bridgehead atoms. The van der Waals surface area contributed by atoms with Gasteiger partial charge in [0, 0.05) is 32.7 Å². The van der Waals surface area contributed by atoms with Crippen LogP contribution in [0.2, 0.25) is 0 Å². The first-order valence-electron chi connectivity index (χ1n) is 9.72. The summed E-state index contributed by atoms with van der Waals surface area (Å²) in [4.78, 5) is 2.43. The lowest BCUT2D eigenvalue weighted by molar-refractivity contribution is 0.0384. The van der Waals surface area contributed by atoms with Gasteiger partial charge in [-0.1, -0.05) is 24.3 Å². The van der Waals surface area contributed by atoms with Crippen molar-refractivity contribution in [1.82, 2.24) is 10.2 Å². The SMILES string of the molecule is COc1cc(CNCCN2CCOCC2)cc(Br)c1OCc1ccccc1C. The van der Waals surface area contributed by atoms with Crippen molar-refractivity contribution < 1.29 is 14.2 Å². The number of ether oxygens (including phenoxy) is 3. The summed E-state index contributed by atoms with van der Waals surface area (Å²) in [5.41, 5.74) is 3.55. The van der Waals surface area contributed by atoms with Crippen LogP contribution in [0.15, 0.2) is 40.9 Å². The molecule has 0 saturated carbocycles. The number of hydrogen-bond acceptors (Lipinski definition) is 5. The Morgan fingerprint density at radius 1 is 1.18 bits per heavy atom. The summed E-state index contributed by atoms with van der Waals surface area (Å²) in [5, 5.41) is 3.51. The molecule has 1 heterocycles. The maximum Gasteiger partial charge on any atom is 0.175 e. The molecule has 6 heteroatoms. The second-order valence-corrected chi connectivity index (χ2v) is 7.81. The highest BCUT2D eigenvalue weighted by Gasteiger charge is 2.13. The van der Waals surface area contributed by atoms with Gasteiger partial charge in [-0.25, -0.2) is 0 Å². The third kappa shape index (κ3) is 5.95. The number of rotatable bonds is 9. The Morgan fingerprint density at radius 2 is 1.96 bits per heavy atom. The van der Waals surface area contributed by atoms with Crippen LogP contribution >= 0.6 is 15.9 Å². The van der Waals surface area contributed by atoms with Gasteiger partial charge in [0.2, 0.25) is 0 Å². The summed E-state index contributed by atoms with van der Waals surface area (Å²) in [6.45, 7) is 9.11. The van der Waals surface area contributed by atoms with Crippen LogP contribution < -0.4 is 14.8 Å². The van der Waals surface area contributed by atoms with Gasteiger partial charge in [-0.15, -0.1) is 0 Å². The predicted molar refractivity (Wildman–Crippen MR) is 115 cm³/mol. The zero-order valence-corrected chi connectivity index (χ0v) is 18.3. The number of nitrogens with one attached hydrogen (secondary N) is 1. The number of aryl methyl sites for hydroxylation is 1. The lowest BCUT2D eigenvalue weighted by atomic mass is 10.1. The van der Waals surface area contributed by atoms with E-state index in [9.17, 15) is 0 Å². The first kappa shape index (κ1) is 21.1. The Bertz CT molecular complexity index is 763. The minimum absolute atomic E-state index is 0.513. The molecule has 3 rings (SSSR count). The molecule has 0 aliphatic carbocycles. The average Bonchev–Trinajstić information content (AvgIpc) is 2.72. The van der Waals surface area contributed by atoms with Crippen molar-refractivity contribution in [3.8, 4) is 11.5 Å². The number of benzene rings is 2. The quantitative estimate of drug-likeness (QED) is 0.591. The van der Waals surface area contributed by atoms with E-state index in [1.165, 1.54) is 11.1 Å². The fourth-order valence-electron chi connectivity index (χ4n) is 3.23. The second-order valence-electron chi connectivity index (χ2n) is 6.95. The van der Waals surface area contributed by atoms with Gasteiger partial charge in [0.05, 0.1) is 24.8 Å². The smallest absolute Gasteiger partial charge is 0.175 e. The number of morpholine rings is 1. The molecule has 2 aromatic carbocycles. The minimum Gasteiger partial charge on any atom is -0.493 e. The lowest BCUT2D eigenvalue weighted by Gasteiger charge is -2.26. The van der Waals surface area contributed by atoms with Crippen LogP contribution in [0.1, 0.15) is 16.7 Å². The van der Waals surface area contributed by atoms with E-state index in [0.29, 0.717) is 6.61 Å². The molecule has 1 aliphatic heterocycles. The predicted octanol–water partition coefficient (Wildman–Crippen LogP) is 3.77. The van der Waals surface area contributed by atoms with Gasteiger partial charge < -0.3 is 19.5 Å². The molecule has 28 heavy (non-hydrogen) atoms. The maximum absolute atomic E-state index is 6.07. The summed E-state index contributed by atoms with van der Waals surface area (Å²) in [7, 11) is 1.68. The molecule has 0 spiro atoms. The van der Waals surface area contributed by atoms with Gasteiger partial charge >= 0.3 is 0 Å². The molecular weight excluding hydrogens is 420 g/mol. The number of halogens is 1. The van der Waals surface area contributed by atoms with Gasteiger partial charge in [-0.05, 0) is 51.7 Å². The van der Waals surface area contributed by atoms with Crippen molar-refractivity contribution in [1.29, 1.82) is 0 Å². The highest BCUT2D eigenvalue weighted by molar-refractivity contribution is 9.10. The van der Waals surface area contributed by atoms with E-state index in [-0.39, 0.29) is 0 Å². The monoisotopic (exact) mass is 448 g/mol. The molecule has 0 aromatic heterocycles. The molecule has 0 unspecified atom stereocenters. The topological polar surface area (TPSA) is 43.0 Å². The molecule has 152 valence electrons. The average molecular weight is 449 g/mol. The third-order valence-electron chi connectivity index (χ3n) is 4.96. The number of hydrogen-bond donors (Lipinski definition) is 1. The van der Waals surface area contributed by atoms with Crippen LogP contribution in [0.4, 0.5) is 0 Å². The van der Waals surface area contributed by atoms with Crippen molar-refractivity contribution in [2.45, 2.75) is 20.1 Å². The molecule has 2 aromatic rings. The van der Waals surface area contributed by atoms with Crippen molar-refractivity contribution in [2.75, 3.05) is 46.5 Å². The van der Waals surface area contributed by atoms with Crippen molar-refractivity contribution in [3.05, 3.63) is 57.6 Å². The number of methoxy groups -OCH3 is 1. The molecule has 1 N–H and O–H groups in total. The van der Waals surface area contributed by atoms with E-state index >= 15 is 0 Å². The van der Waals surface area contributed by atoms with Crippen molar-refractivity contribution >= 4 is 15.9 Å². The van der Waals surface area contributed by atoms with Gasteiger partial charge in [0.1, 0.15) is 6.61 Å². The maximum atomic E-state index is 6.07. The van der Waals surface area contributed by atoms with E-state index in [2.05, 4.69) is 51.3 Å². The van der Waals surface area contributed by atoms with E-state index in [0.717, 1.165) is 67.5 Å². The number of nitrogens with zero attached hydrogens (tertiary/aromatic N) is 1. The fourth-order valence-corrected chi connectivity index (χ4v) is 3.84. The van der Waals surface area contributed by atoms with Gasteiger partial charge in [-0.3, -0.25) is 4.90 Å². The van der Waals surface area contributed by atoms with E-state index in [1.807, 2.05) is 18.2 Å². The Kier molecular flexibility index (Phi) is 8.15. The van der Waals surface area contributed by atoms with Gasteiger partial charge in [-0.2, -0.15) is 0 Å². The molecule has 1 fully saturated rings. The molecule has 1 saturated heterocycles. The molecule has 0 atom stereocenters. The Hall–Kier alpha value is -1.60. The highest BCUT2D eigenvalue weighted by atomic mass is 79.9. The molecule has 5 nitrogen and oxygen atoms in total. The van der Waals surface area contributed by atoms with Crippen LogP contribution in [0.5, 0.6) is 11.5 Å². The largest absolute Gasteiger partial charge is 0.493 e. The zero-order chi connectivity index (χ0) is 19.8. The van der Waals surface area contributed by atoms with Crippen LogP contribution in [-0.2, 0) is 17.9 Å². The first-order chi connectivity index (χ1) is 13.7. The van der Waals surface area contributed by atoms with E-state index in [1.54, 1.807) is 7.11 Å². The molecular formula is C22H29BrN2O3. The summed E-state index contributed by atoms with van der Waals surface area (Å²) >= 11 is 3.65. The molecule has 0 amide bonds. The van der Waals surface area contributed by atoms with Crippen LogP contribution in [0.25, 0.3) is 0 Å². The Balaban J connectivity index is 1.55. The standard InChI is InChI=1S/C22H29BrN2O3/c1-17-5-3-4-6-19(17)16-28-22-20(23)13-18(14-21(22)26-2)15-24-7-8-25-9-11-27-12-10-25/h3-6,13-14,24H,7-12,15-16H2,1-2H3. The van der Waals surface area contributed by atoms with Gasteiger partial charge in [0.25, 0.3) is 0 Å². The summed E-state index contributed by atoms with van der Waals surface area (Å²) in [6.07, 6.45) is 0. The van der Waals surface area contributed by atoms with Crippen LogP contribution in [0.3, 0.4) is 0 Å². The van der Waals surface area contributed by atoms with Crippen LogP contribution in [-0.4, -0.2) is 51.4 Å². The van der Waals surface area contributed by atoms with Crippen molar-refractivity contribution in [3.63, 3.8) is 0 Å². The Labute approximate surface area is 176 Å². The van der Waals surface area contributed by atoms with Crippen LogP contribution in [0, 0.1) is 6.92 Å². The second kappa shape index (κ2) is 10.8. The zero-order valence-electron chi connectivity index (χ0n) is 16.7. The fraction of sp³-hybridized carbons (Fsp3) is 0.455. The van der Waals surface area contributed by atoms with Crippen molar-refractivity contribution in [2.24, 2.45) is 0 Å². The van der Waals surface area contributed by atoms with E-state index < -0.39 is 0 Å². The summed E-state index contributed by atoms with van der Waals surface area (Å²) < 4.78 is 18.0. The summed E-state index contributed by atoms with van der Waals surface area (Å²) in [5.74, 6) is 1.48. The Morgan fingerprint density at radius 3 is 2.71 bits per heavy atom. The highest BCUT2D eigenvalue weighted by Crippen LogP contribution is 2.37. The molecule has 1 aliphatic rings. The van der Waals surface area contributed by atoms with Gasteiger partial charge in [0.15, 0.2) is 11.5 Å². The third-order valence-corrected chi connectivity index (χ3v) is 5.55. The normalized spacial score (nSPS) is 14.8. The molecule has 0 radical (unpaired) electrons. The minimum atomic E-state index is 0.513. The lowest BCUT2D eigenvalue weighted by Crippen LogP contribution is -2.40. The first-order valence-corrected chi connectivity index (χ1v) is 10.5. The van der Waals surface area contributed by atoms with E-state index in [4.69, 9.17) is 14.2 Å². The summed E-state index contributed by atoms with van der Waals surface area (Å²) in [6, 6.07) is 12.4.